The molecule has 2 aromatic rings. The Kier molecular flexibility index (Phi) is 3.39. The van der Waals surface area contributed by atoms with E-state index in [1.54, 1.807) is 0 Å². The van der Waals surface area contributed by atoms with Crippen molar-refractivity contribution in [3.63, 3.8) is 0 Å². The van der Waals surface area contributed by atoms with Gasteiger partial charge in [0.1, 0.15) is 5.69 Å². The Morgan fingerprint density at radius 3 is 2.14 bits per heavy atom. The smallest absolute Gasteiger partial charge is 0.303 e. The van der Waals surface area contributed by atoms with E-state index in [4.69, 9.17) is 0 Å². The molecule has 1 N–H and O–H groups in total. The van der Waals surface area contributed by atoms with Crippen LogP contribution in [0.15, 0.2) is 27.8 Å². The Bertz CT molecular complexity index is 790. The number of aromatic nitrogens is 2. The Morgan fingerprint density at radius 1 is 1.00 bits per heavy atom. The van der Waals surface area contributed by atoms with Crippen molar-refractivity contribution in [3.05, 3.63) is 62.2 Å². The zero-order chi connectivity index (χ0) is 15.9. The van der Waals surface area contributed by atoms with Crippen molar-refractivity contribution in [1.82, 2.24) is 9.55 Å². The summed E-state index contributed by atoms with van der Waals surface area (Å²) in [5.74, 6) is -5.41. The second-order valence-electron chi connectivity index (χ2n) is 3.85. The van der Waals surface area contributed by atoms with Gasteiger partial charge in [-0.2, -0.15) is 13.2 Å². The summed E-state index contributed by atoms with van der Waals surface area (Å²) >= 11 is 0. The first kappa shape index (κ1) is 14.9. The average molecular weight is 310 g/mol. The van der Waals surface area contributed by atoms with Gasteiger partial charge in [-0.25, -0.2) is 22.5 Å². The van der Waals surface area contributed by atoms with Gasteiger partial charge in [0.25, 0.3) is 5.56 Å². The van der Waals surface area contributed by atoms with E-state index in [9.17, 15) is 35.9 Å². The molecular formula is C11H4F6N2O2. The summed E-state index contributed by atoms with van der Waals surface area (Å²) in [6.07, 6.45) is -5.00. The minimum absolute atomic E-state index is 0.00209. The topological polar surface area (TPSA) is 54.9 Å². The van der Waals surface area contributed by atoms with Crippen molar-refractivity contribution in [1.29, 1.82) is 0 Å². The van der Waals surface area contributed by atoms with E-state index in [2.05, 4.69) is 0 Å². The SMILES string of the molecule is O=c1cc(C(F)(F)F)[nH]c(=O)n1-c1ccc(F)c(F)c1F. The third kappa shape index (κ3) is 2.56. The first-order valence-electron chi connectivity index (χ1n) is 5.20. The van der Waals surface area contributed by atoms with Crippen molar-refractivity contribution in [3.8, 4) is 5.69 Å². The maximum absolute atomic E-state index is 13.5. The molecule has 1 aromatic carbocycles. The van der Waals surface area contributed by atoms with Gasteiger partial charge in [-0.3, -0.25) is 4.79 Å². The van der Waals surface area contributed by atoms with E-state index in [0.29, 0.717) is 12.1 Å². The molecule has 0 unspecified atom stereocenters. The molecule has 0 aliphatic carbocycles. The van der Waals surface area contributed by atoms with Crippen LogP contribution in [0.2, 0.25) is 0 Å². The number of hydrogen-bond acceptors (Lipinski definition) is 2. The molecule has 10 heteroatoms. The maximum Gasteiger partial charge on any atom is 0.431 e. The number of halogens is 6. The van der Waals surface area contributed by atoms with E-state index >= 15 is 0 Å². The highest BCUT2D eigenvalue weighted by atomic mass is 19.4. The summed E-state index contributed by atoms with van der Waals surface area (Å²) < 4.78 is 76.4. The Hall–Kier alpha value is -2.52. The van der Waals surface area contributed by atoms with E-state index in [-0.39, 0.29) is 10.6 Å². The van der Waals surface area contributed by atoms with Gasteiger partial charge in [-0.15, -0.1) is 0 Å². The molecule has 0 saturated heterocycles. The van der Waals surface area contributed by atoms with Crippen LogP contribution in [0.4, 0.5) is 26.3 Å². The Labute approximate surface area is 111 Å². The number of benzene rings is 1. The molecule has 1 heterocycles. The molecule has 0 aliphatic rings. The van der Waals surface area contributed by atoms with E-state index < -0.39 is 46.3 Å². The molecule has 21 heavy (non-hydrogen) atoms. The number of rotatable bonds is 1. The molecular weight excluding hydrogens is 306 g/mol. The van der Waals surface area contributed by atoms with Gasteiger partial charge in [0.05, 0.1) is 5.69 Å². The van der Waals surface area contributed by atoms with Gasteiger partial charge in [0.2, 0.25) is 0 Å². The van der Waals surface area contributed by atoms with Gasteiger partial charge in [0.15, 0.2) is 17.5 Å². The normalized spacial score (nSPS) is 11.7. The summed E-state index contributed by atoms with van der Waals surface area (Å²) in [5, 5.41) is 0. The van der Waals surface area contributed by atoms with Gasteiger partial charge >= 0.3 is 11.9 Å². The Morgan fingerprint density at radius 2 is 1.62 bits per heavy atom. The lowest BCUT2D eigenvalue weighted by Crippen LogP contribution is -2.36. The van der Waals surface area contributed by atoms with E-state index in [1.807, 2.05) is 0 Å². The maximum atomic E-state index is 13.5. The lowest BCUT2D eigenvalue weighted by Gasteiger charge is -2.09. The van der Waals surface area contributed by atoms with Crippen LogP contribution in [0.3, 0.4) is 0 Å². The van der Waals surface area contributed by atoms with Crippen LogP contribution < -0.4 is 11.2 Å². The Balaban J connectivity index is 2.76. The molecule has 0 aliphatic heterocycles. The lowest BCUT2D eigenvalue weighted by molar-refractivity contribution is -0.141. The molecule has 0 saturated carbocycles. The summed E-state index contributed by atoms with van der Waals surface area (Å²) in [7, 11) is 0. The lowest BCUT2D eigenvalue weighted by atomic mass is 10.2. The van der Waals surface area contributed by atoms with Crippen LogP contribution in [0, 0.1) is 17.5 Å². The largest absolute Gasteiger partial charge is 0.431 e. The monoisotopic (exact) mass is 310 g/mol. The first-order chi connectivity index (χ1) is 9.62. The zero-order valence-electron chi connectivity index (χ0n) is 9.76. The highest BCUT2D eigenvalue weighted by Gasteiger charge is 2.33. The highest BCUT2D eigenvalue weighted by molar-refractivity contribution is 5.34. The summed E-state index contributed by atoms with van der Waals surface area (Å²) in [4.78, 5) is 24.3. The van der Waals surface area contributed by atoms with Crippen molar-refractivity contribution < 1.29 is 26.3 Å². The number of H-pyrrole nitrogens is 1. The summed E-state index contributed by atoms with van der Waals surface area (Å²) in [6, 6.07) is 0.983. The third-order valence-electron chi connectivity index (χ3n) is 2.49. The average Bonchev–Trinajstić information content (AvgIpc) is 2.36. The standard InChI is InChI=1S/C11H4F6N2O2/c12-4-1-2-5(9(14)8(4)13)19-7(20)3-6(11(15,16)17)18-10(19)21/h1-3H,(H,18,21). The second-order valence-corrected chi connectivity index (χ2v) is 3.85. The molecule has 1 aromatic heterocycles. The molecule has 0 bridgehead atoms. The van der Waals surface area contributed by atoms with Crippen molar-refractivity contribution in [2.45, 2.75) is 6.18 Å². The van der Waals surface area contributed by atoms with Crippen LogP contribution in [-0.4, -0.2) is 9.55 Å². The molecule has 0 radical (unpaired) electrons. The summed E-state index contributed by atoms with van der Waals surface area (Å²) in [5.41, 5.74) is -5.83. The predicted molar refractivity (Wildman–Crippen MR) is 57.5 cm³/mol. The summed E-state index contributed by atoms with van der Waals surface area (Å²) in [6.45, 7) is 0. The number of aromatic amines is 1. The molecule has 4 nitrogen and oxygen atoms in total. The van der Waals surface area contributed by atoms with E-state index in [1.165, 1.54) is 4.98 Å². The van der Waals surface area contributed by atoms with Crippen LogP contribution >= 0.6 is 0 Å². The number of nitrogens with one attached hydrogen (secondary N) is 1. The highest BCUT2D eigenvalue weighted by Crippen LogP contribution is 2.25. The van der Waals surface area contributed by atoms with E-state index in [0.717, 1.165) is 0 Å². The van der Waals surface area contributed by atoms with Crippen LogP contribution in [0.1, 0.15) is 5.69 Å². The first-order valence-corrected chi connectivity index (χ1v) is 5.20. The minimum Gasteiger partial charge on any atom is -0.303 e. The van der Waals surface area contributed by atoms with Crippen molar-refractivity contribution >= 4 is 0 Å². The molecule has 112 valence electrons. The molecule has 2 rings (SSSR count). The molecule has 0 spiro atoms. The molecule has 0 fully saturated rings. The zero-order valence-corrected chi connectivity index (χ0v) is 9.76. The fourth-order valence-electron chi connectivity index (χ4n) is 1.56. The van der Waals surface area contributed by atoms with Gasteiger partial charge in [-0.05, 0) is 12.1 Å². The fraction of sp³-hybridized carbons (Fsp3) is 0.0909. The number of nitrogens with zero attached hydrogens (tertiary/aromatic N) is 1. The third-order valence-corrected chi connectivity index (χ3v) is 2.49. The fourth-order valence-corrected chi connectivity index (χ4v) is 1.56. The van der Waals surface area contributed by atoms with Gasteiger partial charge in [-0.1, -0.05) is 0 Å². The van der Waals surface area contributed by atoms with Crippen molar-refractivity contribution in [2.24, 2.45) is 0 Å². The van der Waals surface area contributed by atoms with Crippen LogP contribution in [-0.2, 0) is 6.18 Å². The quantitative estimate of drug-likeness (QED) is 0.647. The number of hydrogen-bond donors (Lipinski definition) is 1. The second kappa shape index (κ2) is 4.79. The minimum atomic E-state index is -5.00. The van der Waals surface area contributed by atoms with Crippen LogP contribution in [0.25, 0.3) is 5.69 Å². The molecule has 0 atom stereocenters. The van der Waals surface area contributed by atoms with Crippen molar-refractivity contribution in [2.75, 3.05) is 0 Å². The predicted octanol–water partition coefficient (Wildman–Crippen LogP) is 1.96. The van der Waals surface area contributed by atoms with Gasteiger partial charge in [0, 0.05) is 6.07 Å². The molecule has 0 amide bonds. The van der Waals surface area contributed by atoms with Gasteiger partial charge < -0.3 is 4.98 Å². The number of alkyl halides is 3. The van der Waals surface area contributed by atoms with Crippen LogP contribution in [0.5, 0.6) is 0 Å².